The Morgan fingerprint density at radius 2 is 2.29 bits per heavy atom. The van der Waals surface area contributed by atoms with Crippen molar-refractivity contribution in [1.29, 1.82) is 0 Å². The second-order valence-corrected chi connectivity index (χ2v) is 3.39. The van der Waals surface area contributed by atoms with Crippen LogP contribution in [-0.4, -0.2) is 29.1 Å². The van der Waals surface area contributed by atoms with E-state index in [1.807, 2.05) is 0 Å². The molecular weight excluding hydrogens is 184 g/mol. The standard InChI is InChI=1S/C9H12N2O3/c12-9(13)7-8(14-5-11-7)6-1-3-10-4-2-6/h5-6,10H,1-4H2,(H,12,13). The minimum Gasteiger partial charge on any atom is -0.476 e. The van der Waals surface area contributed by atoms with E-state index >= 15 is 0 Å². The molecule has 1 aliphatic heterocycles. The molecule has 0 atom stereocenters. The third kappa shape index (κ3) is 1.63. The van der Waals surface area contributed by atoms with Crippen molar-refractivity contribution in [2.75, 3.05) is 13.1 Å². The molecule has 1 aromatic heterocycles. The zero-order valence-electron chi connectivity index (χ0n) is 7.69. The maximum absolute atomic E-state index is 10.8. The lowest BCUT2D eigenvalue weighted by atomic mass is 9.94. The van der Waals surface area contributed by atoms with Crippen molar-refractivity contribution in [2.24, 2.45) is 0 Å². The van der Waals surface area contributed by atoms with Gasteiger partial charge in [-0.1, -0.05) is 0 Å². The predicted octanol–water partition coefficient (Wildman–Crippen LogP) is 0.840. The molecule has 2 rings (SSSR count). The first kappa shape index (κ1) is 9.21. The Hall–Kier alpha value is -1.36. The average molecular weight is 196 g/mol. The van der Waals surface area contributed by atoms with E-state index in [9.17, 15) is 4.79 Å². The molecule has 2 N–H and O–H groups in total. The molecule has 5 heteroatoms. The van der Waals surface area contributed by atoms with Crippen molar-refractivity contribution in [2.45, 2.75) is 18.8 Å². The monoisotopic (exact) mass is 196 g/mol. The normalized spacial score (nSPS) is 18.3. The first-order chi connectivity index (χ1) is 6.79. The van der Waals surface area contributed by atoms with Crippen LogP contribution in [0.2, 0.25) is 0 Å². The van der Waals surface area contributed by atoms with E-state index in [-0.39, 0.29) is 11.6 Å². The van der Waals surface area contributed by atoms with E-state index in [4.69, 9.17) is 9.52 Å². The van der Waals surface area contributed by atoms with E-state index in [0.717, 1.165) is 25.9 Å². The van der Waals surface area contributed by atoms with Crippen LogP contribution in [0.4, 0.5) is 0 Å². The Labute approximate surface area is 81.1 Å². The summed E-state index contributed by atoms with van der Waals surface area (Å²) in [6, 6.07) is 0. The first-order valence-electron chi connectivity index (χ1n) is 4.66. The van der Waals surface area contributed by atoms with Gasteiger partial charge in [-0.05, 0) is 25.9 Å². The van der Waals surface area contributed by atoms with Crippen molar-refractivity contribution in [1.82, 2.24) is 10.3 Å². The molecular formula is C9H12N2O3. The third-order valence-electron chi connectivity index (χ3n) is 2.51. The maximum atomic E-state index is 10.8. The zero-order chi connectivity index (χ0) is 9.97. The summed E-state index contributed by atoms with van der Waals surface area (Å²) in [5.74, 6) is -0.281. The summed E-state index contributed by atoms with van der Waals surface area (Å²) < 4.78 is 5.15. The summed E-state index contributed by atoms with van der Waals surface area (Å²) in [4.78, 5) is 14.5. The van der Waals surface area contributed by atoms with Crippen LogP contribution in [0.5, 0.6) is 0 Å². The second kappa shape index (κ2) is 3.79. The SMILES string of the molecule is O=C(O)c1ncoc1C1CCNCC1. The molecule has 0 aromatic carbocycles. The number of hydrogen-bond donors (Lipinski definition) is 2. The Kier molecular flexibility index (Phi) is 2.49. The molecule has 0 unspecified atom stereocenters. The lowest BCUT2D eigenvalue weighted by Crippen LogP contribution is -2.27. The van der Waals surface area contributed by atoms with Gasteiger partial charge in [-0.3, -0.25) is 0 Å². The number of carboxylic acids is 1. The molecule has 1 fully saturated rings. The highest BCUT2D eigenvalue weighted by atomic mass is 16.4. The molecule has 0 aliphatic carbocycles. The maximum Gasteiger partial charge on any atom is 0.358 e. The largest absolute Gasteiger partial charge is 0.476 e. The van der Waals surface area contributed by atoms with Gasteiger partial charge in [-0.25, -0.2) is 9.78 Å². The lowest BCUT2D eigenvalue weighted by molar-refractivity contribution is 0.0687. The average Bonchev–Trinajstić information content (AvgIpc) is 2.67. The van der Waals surface area contributed by atoms with Crippen LogP contribution < -0.4 is 5.32 Å². The molecule has 0 amide bonds. The van der Waals surface area contributed by atoms with Crippen LogP contribution >= 0.6 is 0 Å². The molecule has 1 aromatic rings. The number of piperidine rings is 1. The molecule has 0 saturated carbocycles. The van der Waals surface area contributed by atoms with Gasteiger partial charge in [0.15, 0.2) is 12.1 Å². The fourth-order valence-electron chi connectivity index (χ4n) is 1.79. The highest BCUT2D eigenvalue weighted by molar-refractivity contribution is 5.86. The number of carboxylic acid groups (broad SMARTS) is 1. The smallest absolute Gasteiger partial charge is 0.358 e. The van der Waals surface area contributed by atoms with Crippen LogP contribution in [-0.2, 0) is 0 Å². The van der Waals surface area contributed by atoms with Crippen LogP contribution in [0.3, 0.4) is 0 Å². The van der Waals surface area contributed by atoms with Crippen molar-refractivity contribution in [3.8, 4) is 0 Å². The summed E-state index contributed by atoms with van der Waals surface area (Å²) in [5.41, 5.74) is 0.0666. The fraction of sp³-hybridized carbons (Fsp3) is 0.556. The van der Waals surface area contributed by atoms with Gasteiger partial charge in [-0.15, -0.1) is 0 Å². The summed E-state index contributed by atoms with van der Waals surface area (Å²) in [5, 5.41) is 12.1. The van der Waals surface area contributed by atoms with Gasteiger partial charge in [0, 0.05) is 5.92 Å². The molecule has 14 heavy (non-hydrogen) atoms. The minimum atomic E-state index is -1.01. The molecule has 5 nitrogen and oxygen atoms in total. The Balaban J connectivity index is 2.21. The number of nitrogens with one attached hydrogen (secondary N) is 1. The van der Waals surface area contributed by atoms with Gasteiger partial charge in [-0.2, -0.15) is 0 Å². The Morgan fingerprint density at radius 3 is 2.93 bits per heavy atom. The second-order valence-electron chi connectivity index (χ2n) is 3.39. The van der Waals surface area contributed by atoms with Crippen LogP contribution in [0.25, 0.3) is 0 Å². The highest BCUT2D eigenvalue weighted by Gasteiger charge is 2.25. The van der Waals surface area contributed by atoms with E-state index in [1.165, 1.54) is 6.39 Å². The number of carbonyl (C=O) groups is 1. The van der Waals surface area contributed by atoms with E-state index in [2.05, 4.69) is 10.3 Å². The summed E-state index contributed by atoms with van der Waals surface area (Å²) >= 11 is 0. The number of aromatic carboxylic acids is 1. The molecule has 1 aliphatic rings. The minimum absolute atomic E-state index is 0.0666. The molecule has 0 bridgehead atoms. The summed E-state index contributed by atoms with van der Waals surface area (Å²) in [6.07, 6.45) is 3.03. The molecule has 0 spiro atoms. The molecule has 2 heterocycles. The summed E-state index contributed by atoms with van der Waals surface area (Å²) in [6.45, 7) is 1.81. The molecule has 1 saturated heterocycles. The van der Waals surface area contributed by atoms with E-state index in [1.54, 1.807) is 0 Å². The number of aromatic nitrogens is 1. The molecule has 76 valence electrons. The number of rotatable bonds is 2. The van der Waals surface area contributed by atoms with E-state index < -0.39 is 5.97 Å². The van der Waals surface area contributed by atoms with Gasteiger partial charge in [0.1, 0.15) is 5.76 Å². The Morgan fingerprint density at radius 1 is 1.57 bits per heavy atom. The summed E-state index contributed by atoms with van der Waals surface area (Å²) in [7, 11) is 0. The van der Waals surface area contributed by atoms with Crippen LogP contribution in [0, 0.1) is 0 Å². The quantitative estimate of drug-likeness (QED) is 0.733. The fourth-order valence-corrected chi connectivity index (χ4v) is 1.79. The lowest BCUT2D eigenvalue weighted by Gasteiger charge is -2.20. The van der Waals surface area contributed by atoms with Gasteiger partial charge < -0.3 is 14.8 Å². The van der Waals surface area contributed by atoms with Crippen molar-refractivity contribution < 1.29 is 14.3 Å². The van der Waals surface area contributed by atoms with Crippen molar-refractivity contribution in [3.63, 3.8) is 0 Å². The predicted molar refractivity (Wildman–Crippen MR) is 48.3 cm³/mol. The zero-order valence-corrected chi connectivity index (χ0v) is 7.69. The van der Waals surface area contributed by atoms with Crippen LogP contribution in [0.15, 0.2) is 10.8 Å². The Bertz CT molecular complexity index is 329. The van der Waals surface area contributed by atoms with Crippen molar-refractivity contribution in [3.05, 3.63) is 17.8 Å². The number of hydrogen-bond acceptors (Lipinski definition) is 4. The topological polar surface area (TPSA) is 75.4 Å². The van der Waals surface area contributed by atoms with Gasteiger partial charge >= 0.3 is 5.97 Å². The highest BCUT2D eigenvalue weighted by Crippen LogP contribution is 2.27. The van der Waals surface area contributed by atoms with Crippen LogP contribution in [0.1, 0.15) is 35.0 Å². The molecule has 0 radical (unpaired) electrons. The van der Waals surface area contributed by atoms with Gasteiger partial charge in [0.25, 0.3) is 0 Å². The van der Waals surface area contributed by atoms with Gasteiger partial charge in [0.05, 0.1) is 0 Å². The van der Waals surface area contributed by atoms with Gasteiger partial charge in [0.2, 0.25) is 0 Å². The third-order valence-corrected chi connectivity index (χ3v) is 2.51. The first-order valence-corrected chi connectivity index (χ1v) is 4.66. The van der Waals surface area contributed by atoms with Crippen molar-refractivity contribution >= 4 is 5.97 Å². The number of oxazole rings is 1. The van der Waals surface area contributed by atoms with E-state index in [0.29, 0.717) is 5.76 Å². The number of nitrogens with zero attached hydrogens (tertiary/aromatic N) is 1.